The highest BCUT2D eigenvalue weighted by Crippen LogP contribution is 2.21. The highest BCUT2D eigenvalue weighted by molar-refractivity contribution is 9.10. The number of piperazine rings is 1. The average molecular weight is 453 g/mol. The summed E-state index contributed by atoms with van der Waals surface area (Å²) in [6.07, 6.45) is 1.56. The van der Waals surface area contributed by atoms with Gasteiger partial charge in [-0.15, -0.1) is 0 Å². The van der Waals surface area contributed by atoms with Crippen LogP contribution in [0.5, 0.6) is 0 Å². The zero-order valence-electron chi connectivity index (χ0n) is 14.4. The molecule has 1 aliphatic rings. The molecule has 2 aromatic rings. The molecule has 0 unspecified atom stereocenters. The lowest BCUT2D eigenvalue weighted by molar-refractivity contribution is 0.0697. The van der Waals surface area contributed by atoms with Crippen LogP contribution >= 0.6 is 15.9 Å². The van der Waals surface area contributed by atoms with Crippen LogP contribution < -0.4 is 0 Å². The van der Waals surface area contributed by atoms with Gasteiger partial charge in [0.1, 0.15) is 5.82 Å². The van der Waals surface area contributed by atoms with Crippen molar-refractivity contribution in [2.24, 2.45) is 0 Å². The summed E-state index contributed by atoms with van der Waals surface area (Å²) in [4.78, 5) is 14.2. The third-order valence-corrected chi connectivity index (χ3v) is 6.50. The third-order valence-electron chi connectivity index (χ3n) is 4.28. The molecule has 2 aromatic carbocycles. The smallest absolute Gasteiger partial charge is 0.255 e. The number of benzene rings is 2. The van der Waals surface area contributed by atoms with Crippen LogP contribution in [0.15, 0.2) is 58.4 Å². The van der Waals surface area contributed by atoms with Crippen LogP contribution in [0.2, 0.25) is 0 Å². The topological polar surface area (TPSA) is 57.7 Å². The van der Waals surface area contributed by atoms with E-state index in [0.717, 1.165) is 5.56 Å². The Hall–Kier alpha value is -2.03. The molecule has 0 aliphatic carbocycles. The van der Waals surface area contributed by atoms with Crippen molar-refractivity contribution in [3.05, 3.63) is 75.4 Å². The number of amides is 1. The van der Waals surface area contributed by atoms with Crippen molar-refractivity contribution < 1.29 is 17.6 Å². The van der Waals surface area contributed by atoms with E-state index in [1.165, 1.54) is 27.9 Å². The molecule has 0 N–H and O–H groups in total. The highest BCUT2D eigenvalue weighted by atomic mass is 79.9. The Morgan fingerprint density at radius 3 is 2.33 bits per heavy atom. The molecule has 0 radical (unpaired) electrons. The lowest BCUT2D eigenvalue weighted by Gasteiger charge is -2.33. The van der Waals surface area contributed by atoms with Gasteiger partial charge in [-0.25, -0.2) is 12.8 Å². The van der Waals surface area contributed by atoms with Crippen molar-refractivity contribution in [1.29, 1.82) is 0 Å². The summed E-state index contributed by atoms with van der Waals surface area (Å²) in [5.74, 6) is -0.682. The van der Waals surface area contributed by atoms with Crippen LogP contribution in [0, 0.1) is 5.82 Å². The number of sulfonamides is 1. The fraction of sp³-hybridized carbons (Fsp3) is 0.211. The summed E-state index contributed by atoms with van der Waals surface area (Å²) in [6, 6.07) is 13.1. The van der Waals surface area contributed by atoms with E-state index >= 15 is 0 Å². The number of halogens is 2. The molecule has 0 atom stereocenters. The molecular formula is C19H18BrFN2O3S. The zero-order valence-corrected chi connectivity index (χ0v) is 16.8. The molecule has 0 saturated carbocycles. The van der Waals surface area contributed by atoms with E-state index in [1.54, 1.807) is 11.0 Å². The number of carbonyl (C=O) groups is 1. The fourth-order valence-electron chi connectivity index (χ4n) is 2.79. The Morgan fingerprint density at radius 1 is 1.04 bits per heavy atom. The van der Waals surface area contributed by atoms with Crippen molar-refractivity contribution >= 4 is 37.9 Å². The van der Waals surface area contributed by atoms with E-state index in [2.05, 4.69) is 15.9 Å². The minimum atomic E-state index is -3.55. The second kappa shape index (κ2) is 8.33. The molecule has 0 aromatic heterocycles. The normalized spacial score (nSPS) is 16.0. The molecule has 1 aliphatic heterocycles. The minimum absolute atomic E-state index is 0.214. The Kier molecular flexibility index (Phi) is 6.08. The highest BCUT2D eigenvalue weighted by Gasteiger charge is 2.28. The number of hydrogen-bond acceptors (Lipinski definition) is 3. The summed E-state index contributed by atoms with van der Waals surface area (Å²) >= 11 is 3.20. The second-order valence-electron chi connectivity index (χ2n) is 6.07. The summed E-state index contributed by atoms with van der Waals surface area (Å²) in [5, 5.41) is 1.19. The summed E-state index contributed by atoms with van der Waals surface area (Å²) in [5.41, 5.74) is 1.16. The van der Waals surface area contributed by atoms with Crippen LogP contribution in [0.1, 0.15) is 15.9 Å². The van der Waals surface area contributed by atoms with Gasteiger partial charge in [-0.2, -0.15) is 4.31 Å². The molecule has 8 heteroatoms. The lowest BCUT2D eigenvalue weighted by Crippen LogP contribution is -2.50. The van der Waals surface area contributed by atoms with Crippen molar-refractivity contribution in [1.82, 2.24) is 9.21 Å². The first kappa shape index (κ1) is 19.7. The first-order valence-electron chi connectivity index (χ1n) is 8.34. The maximum absolute atomic E-state index is 13.2. The van der Waals surface area contributed by atoms with Gasteiger partial charge in [0, 0.05) is 36.1 Å². The van der Waals surface area contributed by atoms with Gasteiger partial charge < -0.3 is 4.90 Å². The first-order valence-corrected chi connectivity index (χ1v) is 10.6. The Labute approximate surface area is 166 Å². The Balaban J connectivity index is 1.64. The van der Waals surface area contributed by atoms with Crippen LogP contribution in [0.25, 0.3) is 6.08 Å². The van der Waals surface area contributed by atoms with Gasteiger partial charge in [-0.3, -0.25) is 4.79 Å². The monoisotopic (exact) mass is 452 g/mol. The maximum Gasteiger partial charge on any atom is 0.255 e. The molecule has 27 heavy (non-hydrogen) atoms. The van der Waals surface area contributed by atoms with Gasteiger partial charge in [-0.1, -0.05) is 30.3 Å². The van der Waals surface area contributed by atoms with Crippen LogP contribution in [0.3, 0.4) is 0 Å². The fourth-order valence-corrected chi connectivity index (χ4v) is 4.49. The predicted octanol–water partition coefficient (Wildman–Crippen LogP) is 3.35. The van der Waals surface area contributed by atoms with E-state index in [4.69, 9.17) is 0 Å². The number of rotatable bonds is 4. The number of hydrogen-bond donors (Lipinski definition) is 0. The van der Waals surface area contributed by atoms with Crippen molar-refractivity contribution in [3.63, 3.8) is 0 Å². The molecule has 1 heterocycles. The third kappa shape index (κ3) is 4.82. The van der Waals surface area contributed by atoms with Crippen molar-refractivity contribution in [2.45, 2.75) is 0 Å². The standard InChI is InChI=1S/C19H18BrFN2O3S/c20-18-14-16(21)6-7-17(18)19(24)22-9-11-23(12-10-22)27(25,26)13-8-15-4-2-1-3-5-15/h1-8,13-14H,9-12H2. The van der Waals surface area contributed by atoms with Gasteiger partial charge >= 0.3 is 0 Å². The SMILES string of the molecule is O=C(c1ccc(F)cc1Br)N1CCN(S(=O)(=O)C=Cc2ccccc2)CC1. The van der Waals surface area contributed by atoms with E-state index in [9.17, 15) is 17.6 Å². The van der Waals surface area contributed by atoms with Gasteiger partial charge in [-0.05, 0) is 45.8 Å². The molecular weight excluding hydrogens is 435 g/mol. The lowest BCUT2D eigenvalue weighted by atomic mass is 10.2. The van der Waals surface area contributed by atoms with Crippen LogP contribution in [-0.2, 0) is 10.0 Å². The molecule has 142 valence electrons. The maximum atomic E-state index is 13.2. The molecule has 5 nitrogen and oxygen atoms in total. The minimum Gasteiger partial charge on any atom is -0.336 e. The quantitative estimate of drug-likeness (QED) is 0.714. The average Bonchev–Trinajstić information content (AvgIpc) is 2.67. The molecule has 1 saturated heterocycles. The van der Waals surface area contributed by atoms with E-state index in [-0.39, 0.29) is 32.1 Å². The number of nitrogens with zero attached hydrogens (tertiary/aromatic N) is 2. The molecule has 0 spiro atoms. The Bertz CT molecular complexity index is 956. The largest absolute Gasteiger partial charge is 0.336 e. The first-order chi connectivity index (χ1) is 12.9. The summed E-state index contributed by atoms with van der Waals surface area (Å²) < 4.78 is 39.9. The van der Waals surface area contributed by atoms with Crippen molar-refractivity contribution in [3.8, 4) is 0 Å². The summed E-state index contributed by atoms with van der Waals surface area (Å²) in [6.45, 7) is 0.986. The van der Waals surface area contributed by atoms with Crippen molar-refractivity contribution in [2.75, 3.05) is 26.2 Å². The molecule has 1 amide bonds. The van der Waals surface area contributed by atoms with E-state index in [1.807, 2.05) is 30.3 Å². The van der Waals surface area contributed by atoms with Gasteiger partial charge in [0.25, 0.3) is 5.91 Å². The van der Waals surface area contributed by atoms with Crippen LogP contribution in [0.4, 0.5) is 4.39 Å². The van der Waals surface area contributed by atoms with E-state index in [0.29, 0.717) is 10.0 Å². The van der Waals surface area contributed by atoms with Gasteiger partial charge in [0.2, 0.25) is 10.0 Å². The molecule has 1 fully saturated rings. The predicted molar refractivity (Wildman–Crippen MR) is 106 cm³/mol. The molecule has 0 bridgehead atoms. The molecule has 3 rings (SSSR count). The van der Waals surface area contributed by atoms with Crippen LogP contribution in [-0.4, -0.2) is 49.7 Å². The number of carbonyl (C=O) groups excluding carboxylic acids is 1. The van der Waals surface area contributed by atoms with Gasteiger partial charge in [0.15, 0.2) is 0 Å². The summed E-state index contributed by atoms with van der Waals surface area (Å²) in [7, 11) is -3.55. The second-order valence-corrected chi connectivity index (χ2v) is 8.75. The Morgan fingerprint density at radius 2 is 1.70 bits per heavy atom. The van der Waals surface area contributed by atoms with Gasteiger partial charge in [0.05, 0.1) is 5.56 Å². The van der Waals surface area contributed by atoms with E-state index < -0.39 is 15.8 Å². The zero-order chi connectivity index (χ0) is 19.4.